The highest BCUT2D eigenvalue weighted by Crippen LogP contribution is 2.19. The van der Waals surface area contributed by atoms with Crippen LogP contribution in [-0.2, 0) is 0 Å². The highest BCUT2D eigenvalue weighted by atomic mass is 14.9. The Balaban J connectivity index is 2.99. The lowest BCUT2D eigenvalue weighted by Gasteiger charge is -2.17. The van der Waals surface area contributed by atoms with Gasteiger partial charge in [0.15, 0.2) is 0 Å². The molecule has 14 heavy (non-hydrogen) atoms. The van der Waals surface area contributed by atoms with Gasteiger partial charge in [0.2, 0.25) is 0 Å². The molecule has 0 rings (SSSR count). The summed E-state index contributed by atoms with van der Waals surface area (Å²) in [6, 6.07) is 0. The van der Waals surface area contributed by atoms with Crippen LogP contribution in [0.4, 0.5) is 0 Å². The molecule has 2 heteroatoms. The van der Waals surface area contributed by atoms with Gasteiger partial charge in [0, 0.05) is 13.1 Å². The van der Waals surface area contributed by atoms with Crippen molar-refractivity contribution in [2.24, 2.45) is 5.41 Å². The molecule has 0 aromatic rings. The Morgan fingerprint density at radius 2 is 1.43 bits per heavy atom. The average Bonchev–Trinajstić information content (AvgIpc) is 2.08. The normalized spacial score (nSPS) is 12.0. The maximum atomic E-state index is 3.45. The van der Waals surface area contributed by atoms with Crippen molar-refractivity contribution in [1.82, 2.24) is 10.6 Å². The molecule has 0 aromatic heterocycles. The fourth-order valence-electron chi connectivity index (χ4n) is 1.35. The quantitative estimate of drug-likeness (QED) is 0.588. The lowest BCUT2D eigenvalue weighted by atomic mass is 9.91. The topological polar surface area (TPSA) is 24.1 Å². The van der Waals surface area contributed by atoms with E-state index in [1.54, 1.807) is 0 Å². The molecule has 0 aliphatic carbocycles. The zero-order chi connectivity index (χ0) is 10.9. The molecule has 0 unspecified atom stereocenters. The zero-order valence-corrected chi connectivity index (χ0v) is 10.4. The fourth-order valence-corrected chi connectivity index (χ4v) is 1.35. The lowest BCUT2D eigenvalue weighted by Crippen LogP contribution is -2.28. The third kappa shape index (κ3) is 11.9. The van der Waals surface area contributed by atoms with E-state index in [4.69, 9.17) is 0 Å². The maximum absolute atomic E-state index is 3.45. The van der Waals surface area contributed by atoms with E-state index < -0.39 is 0 Å². The summed E-state index contributed by atoms with van der Waals surface area (Å²) in [5.41, 5.74) is 0.488. The molecule has 0 aliphatic heterocycles. The van der Waals surface area contributed by atoms with E-state index in [0.717, 1.165) is 26.2 Å². The molecule has 2 nitrogen and oxygen atoms in total. The van der Waals surface area contributed by atoms with Gasteiger partial charge >= 0.3 is 0 Å². The van der Waals surface area contributed by atoms with Gasteiger partial charge in [-0.05, 0) is 37.8 Å². The van der Waals surface area contributed by atoms with Crippen molar-refractivity contribution in [3.8, 4) is 0 Å². The molecule has 2 N–H and O–H groups in total. The van der Waals surface area contributed by atoms with Crippen LogP contribution in [-0.4, -0.2) is 26.2 Å². The van der Waals surface area contributed by atoms with E-state index in [2.05, 4.69) is 38.3 Å². The first-order valence-corrected chi connectivity index (χ1v) is 5.97. The highest BCUT2D eigenvalue weighted by molar-refractivity contribution is 4.62. The summed E-state index contributed by atoms with van der Waals surface area (Å²) in [5.74, 6) is 0. The first kappa shape index (κ1) is 13.9. The molecular weight excluding hydrogens is 172 g/mol. The van der Waals surface area contributed by atoms with Crippen molar-refractivity contribution in [2.45, 2.75) is 47.0 Å². The van der Waals surface area contributed by atoms with E-state index in [9.17, 15) is 0 Å². The molecule has 0 atom stereocenters. The fraction of sp³-hybridized carbons (Fsp3) is 1.00. The molecule has 0 radical (unpaired) electrons. The van der Waals surface area contributed by atoms with Gasteiger partial charge in [-0.25, -0.2) is 0 Å². The number of hydrogen-bond acceptors (Lipinski definition) is 2. The van der Waals surface area contributed by atoms with Crippen molar-refractivity contribution >= 4 is 0 Å². The molecule has 0 fully saturated rings. The van der Waals surface area contributed by atoms with Crippen molar-refractivity contribution in [3.05, 3.63) is 0 Å². The Labute approximate surface area is 89.9 Å². The monoisotopic (exact) mass is 200 g/mol. The Morgan fingerprint density at radius 1 is 0.857 bits per heavy atom. The predicted molar refractivity (Wildman–Crippen MR) is 64.7 cm³/mol. The Hall–Kier alpha value is -0.0800. The van der Waals surface area contributed by atoms with Crippen LogP contribution in [0.3, 0.4) is 0 Å². The smallest absolute Gasteiger partial charge is 0.00767 e. The standard InChI is InChI=1S/C12H28N2/c1-5-8-13-10-11-14-9-6-7-12(2,3)4/h13-14H,5-11H2,1-4H3. The van der Waals surface area contributed by atoms with Gasteiger partial charge in [-0.3, -0.25) is 0 Å². The summed E-state index contributed by atoms with van der Waals surface area (Å²) in [4.78, 5) is 0. The molecule has 0 saturated carbocycles. The number of hydrogen-bond donors (Lipinski definition) is 2. The summed E-state index contributed by atoms with van der Waals surface area (Å²) in [7, 11) is 0. The summed E-state index contributed by atoms with van der Waals surface area (Å²) in [6.07, 6.45) is 3.82. The van der Waals surface area contributed by atoms with Crippen LogP contribution in [0.25, 0.3) is 0 Å². The Bertz CT molecular complexity index is 116. The third-order valence-electron chi connectivity index (χ3n) is 2.19. The molecule has 0 amide bonds. The second-order valence-corrected chi connectivity index (χ2v) is 5.16. The van der Waals surface area contributed by atoms with Crippen LogP contribution < -0.4 is 10.6 Å². The van der Waals surface area contributed by atoms with Gasteiger partial charge in [-0.15, -0.1) is 0 Å². The highest BCUT2D eigenvalue weighted by Gasteiger charge is 2.08. The molecule has 0 aromatic carbocycles. The van der Waals surface area contributed by atoms with Crippen molar-refractivity contribution in [1.29, 1.82) is 0 Å². The minimum atomic E-state index is 0.488. The van der Waals surface area contributed by atoms with Gasteiger partial charge in [-0.2, -0.15) is 0 Å². The van der Waals surface area contributed by atoms with Gasteiger partial charge < -0.3 is 10.6 Å². The molecule has 0 aliphatic rings. The van der Waals surface area contributed by atoms with Gasteiger partial charge in [0.1, 0.15) is 0 Å². The second kappa shape index (κ2) is 8.25. The predicted octanol–water partition coefficient (Wildman–Crippen LogP) is 2.40. The minimum Gasteiger partial charge on any atom is -0.315 e. The van der Waals surface area contributed by atoms with E-state index in [1.165, 1.54) is 19.3 Å². The van der Waals surface area contributed by atoms with Crippen LogP contribution in [0.2, 0.25) is 0 Å². The Morgan fingerprint density at radius 3 is 1.93 bits per heavy atom. The number of rotatable bonds is 8. The van der Waals surface area contributed by atoms with E-state index in [0.29, 0.717) is 5.41 Å². The molecule has 0 spiro atoms. The largest absolute Gasteiger partial charge is 0.315 e. The second-order valence-electron chi connectivity index (χ2n) is 5.16. The van der Waals surface area contributed by atoms with Crippen molar-refractivity contribution in [2.75, 3.05) is 26.2 Å². The molecule has 0 saturated heterocycles. The maximum Gasteiger partial charge on any atom is 0.00767 e. The third-order valence-corrected chi connectivity index (χ3v) is 2.19. The molecular formula is C12H28N2. The van der Waals surface area contributed by atoms with Crippen LogP contribution in [0, 0.1) is 5.41 Å². The van der Waals surface area contributed by atoms with E-state index in [1.807, 2.05) is 0 Å². The lowest BCUT2D eigenvalue weighted by molar-refractivity contribution is 0.361. The number of nitrogens with one attached hydrogen (secondary N) is 2. The minimum absolute atomic E-state index is 0.488. The first-order chi connectivity index (χ1) is 6.56. The average molecular weight is 200 g/mol. The summed E-state index contributed by atoms with van der Waals surface area (Å²) in [5, 5.41) is 6.83. The Kier molecular flexibility index (Phi) is 8.20. The van der Waals surface area contributed by atoms with Crippen LogP contribution >= 0.6 is 0 Å². The summed E-state index contributed by atoms with van der Waals surface area (Å²) < 4.78 is 0. The van der Waals surface area contributed by atoms with Crippen LogP contribution in [0.1, 0.15) is 47.0 Å². The van der Waals surface area contributed by atoms with Gasteiger partial charge in [0.05, 0.1) is 0 Å². The van der Waals surface area contributed by atoms with Crippen molar-refractivity contribution in [3.63, 3.8) is 0 Å². The molecule has 0 heterocycles. The van der Waals surface area contributed by atoms with Crippen molar-refractivity contribution < 1.29 is 0 Å². The van der Waals surface area contributed by atoms with Gasteiger partial charge in [-0.1, -0.05) is 27.7 Å². The van der Waals surface area contributed by atoms with Crippen LogP contribution in [0.15, 0.2) is 0 Å². The van der Waals surface area contributed by atoms with Crippen LogP contribution in [0.5, 0.6) is 0 Å². The molecule has 86 valence electrons. The summed E-state index contributed by atoms with van der Waals surface area (Å²) >= 11 is 0. The zero-order valence-electron chi connectivity index (χ0n) is 10.4. The van der Waals surface area contributed by atoms with Gasteiger partial charge in [0.25, 0.3) is 0 Å². The SMILES string of the molecule is CCCNCCNCCCC(C)(C)C. The summed E-state index contributed by atoms with van der Waals surface area (Å²) in [6.45, 7) is 13.6. The first-order valence-electron chi connectivity index (χ1n) is 5.97. The van der Waals surface area contributed by atoms with E-state index in [-0.39, 0.29) is 0 Å². The van der Waals surface area contributed by atoms with E-state index >= 15 is 0 Å². The molecule has 0 bridgehead atoms.